The lowest BCUT2D eigenvalue weighted by Gasteiger charge is -2.30. The van der Waals surface area contributed by atoms with Gasteiger partial charge in [-0.25, -0.2) is 9.97 Å². The second kappa shape index (κ2) is 13.9. The van der Waals surface area contributed by atoms with Crippen LogP contribution in [0.25, 0.3) is 0 Å². The maximum Gasteiger partial charge on any atom is 0.273 e. The van der Waals surface area contributed by atoms with Crippen LogP contribution in [-0.4, -0.2) is 58.3 Å². The highest BCUT2D eigenvalue weighted by atomic mass is 32.1. The van der Waals surface area contributed by atoms with E-state index in [9.17, 15) is 14.4 Å². The molecule has 0 radical (unpaired) electrons. The molecular formula is C30H40N6O4S. The van der Waals surface area contributed by atoms with Crippen LogP contribution in [0, 0.1) is 11.8 Å². The van der Waals surface area contributed by atoms with Crippen LogP contribution in [0.1, 0.15) is 90.6 Å². The second-order valence-electron chi connectivity index (χ2n) is 11.5. The number of nitrogens with one attached hydrogen (secondary N) is 3. The molecule has 3 amide bonds. The van der Waals surface area contributed by atoms with Gasteiger partial charge in [0.1, 0.15) is 23.0 Å². The molecule has 2 aromatic heterocycles. The Bertz CT molecular complexity index is 1320. The minimum absolute atomic E-state index is 0.140. The number of thiazole rings is 1. The molecule has 220 valence electrons. The number of hydrogen-bond acceptors (Lipinski definition) is 8. The lowest BCUT2D eigenvalue weighted by Crippen LogP contribution is -2.48. The number of oxazole rings is 1. The number of rotatable bonds is 6. The van der Waals surface area contributed by atoms with Crippen molar-refractivity contribution in [2.45, 2.75) is 65.6 Å². The third-order valence-electron chi connectivity index (χ3n) is 6.70. The first-order chi connectivity index (χ1) is 19.6. The van der Waals surface area contributed by atoms with Crippen molar-refractivity contribution in [3.8, 4) is 0 Å². The molecule has 11 heteroatoms. The molecule has 4 rings (SSSR count). The highest BCUT2D eigenvalue weighted by Gasteiger charge is 2.27. The van der Waals surface area contributed by atoms with Gasteiger partial charge in [-0.05, 0) is 37.2 Å². The van der Waals surface area contributed by atoms with E-state index in [2.05, 4.69) is 58.5 Å². The summed E-state index contributed by atoms with van der Waals surface area (Å²) in [5, 5.41) is 11.5. The third kappa shape index (κ3) is 8.71. The first-order valence-electron chi connectivity index (χ1n) is 14.2. The van der Waals surface area contributed by atoms with Gasteiger partial charge in [0.25, 0.3) is 11.8 Å². The number of hydrogen-bond donors (Lipinski definition) is 3. The molecule has 0 aliphatic carbocycles. The van der Waals surface area contributed by atoms with Crippen LogP contribution in [0.5, 0.6) is 0 Å². The maximum atomic E-state index is 13.5. The molecule has 3 heterocycles. The fraction of sp³-hybridized carbons (Fsp3) is 0.500. The van der Waals surface area contributed by atoms with Crippen LogP contribution in [0.4, 0.5) is 0 Å². The van der Waals surface area contributed by atoms with Gasteiger partial charge in [0.2, 0.25) is 11.8 Å². The highest BCUT2D eigenvalue weighted by molar-refractivity contribution is 7.09. The summed E-state index contributed by atoms with van der Waals surface area (Å²) in [5.41, 5.74) is 1.43. The van der Waals surface area contributed by atoms with Gasteiger partial charge < -0.3 is 20.4 Å². The average Bonchev–Trinajstić information content (AvgIpc) is 3.58. The lowest BCUT2D eigenvalue weighted by atomic mass is 10.0. The number of nitrogens with zero attached hydrogens (tertiary/aromatic N) is 3. The summed E-state index contributed by atoms with van der Waals surface area (Å²) < 4.78 is 5.57. The first-order valence-corrected chi connectivity index (χ1v) is 15.0. The molecule has 1 aliphatic heterocycles. The summed E-state index contributed by atoms with van der Waals surface area (Å²) in [4.78, 5) is 50.7. The second-order valence-corrected chi connectivity index (χ2v) is 12.4. The van der Waals surface area contributed by atoms with Crippen LogP contribution >= 0.6 is 11.3 Å². The molecule has 3 N–H and O–H groups in total. The average molecular weight is 581 g/mol. The number of carbonyl (C=O) groups excluding carboxylic acids is 3. The standard InChI is InChI=1S/C30H40N6O4S/c1-18(2)11-22-14-36(13-19(3)4)15-26(37)33-23(12-21-9-7-6-8-10-21)30-35-25(17-41-30)28(39)31-20(5)29-34-24(16-40-29)27(38)32-22/h6-10,16-20,22-23H,11-15H2,1-5H3,(H,31,39)(H,32,38)(H,33,37)/t20-,22-,23-/m1/s1. The first kappa shape index (κ1) is 30.4. The number of amides is 3. The molecule has 10 nitrogen and oxygen atoms in total. The van der Waals surface area contributed by atoms with Crippen molar-refractivity contribution in [3.63, 3.8) is 0 Å². The molecule has 3 atom stereocenters. The summed E-state index contributed by atoms with van der Waals surface area (Å²) in [5.74, 6) is -0.0166. The van der Waals surface area contributed by atoms with Crippen LogP contribution in [0.2, 0.25) is 0 Å². The Morgan fingerprint density at radius 3 is 2.41 bits per heavy atom. The van der Waals surface area contributed by atoms with Crippen molar-refractivity contribution < 1.29 is 18.8 Å². The smallest absolute Gasteiger partial charge is 0.273 e. The SMILES string of the molecule is CC(C)C[C@@H]1CN(CC(C)C)CC(=O)N[C@H](Cc2ccccc2)c2nc(cs2)C(=O)N[C@H](C)c2nc(co2)C(=O)N1. The summed E-state index contributed by atoms with van der Waals surface area (Å²) in [6.07, 6.45) is 2.58. The monoisotopic (exact) mass is 580 g/mol. The van der Waals surface area contributed by atoms with Crippen LogP contribution in [0.15, 0.2) is 46.4 Å². The predicted octanol–water partition coefficient (Wildman–Crippen LogP) is 4.14. The zero-order valence-corrected chi connectivity index (χ0v) is 25.2. The molecule has 0 saturated heterocycles. The molecule has 0 fully saturated rings. The minimum atomic E-state index is -0.583. The number of fused-ring (bicyclic) bond motifs is 4. The van der Waals surface area contributed by atoms with Gasteiger partial charge in [-0.15, -0.1) is 11.3 Å². The Hall–Kier alpha value is -3.57. The number of carbonyl (C=O) groups is 3. The largest absolute Gasteiger partial charge is 0.446 e. The highest BCUT2D eigenvalue weighted by Crippen LogP contribution is 2.24. The van der Waals surface area contributed by atoms with E-state index in [1.54, 1.807) is 12.3 Å². The summed E-state index contributed by atoms with van der Waals surface area (Å²) in [6.45, 7) is 11.5. The molecular weight excluding hydrogens is 540 g/mol. The lowest BCUT2D eigenvalue weighted by molar-refractivity contribution is -0.123. The Morgan fingerprint density at radius 2 is 1.71 bits per heavy atom. The fourth-order valence-electron chi connectivity index (χ4n) is 5.01. The normalized spacial score (nSPS) is 21.2. The Labute approximate surface area is 245 Å². The van der Waals surface area contributed by atoms with E-state index in [4.69, 9.17) is 4.42 Å². The van der Waals surface area contributed by atoms with E-state index >= 15 is 0 Å². The van der Waals surface area contributed by atoms with Gasteiger partial charge in [0.15, 0.2) is 5.69 Å². The third-order valence-corrected chi connectivity index (χ3v) is 7.66. The van der Waals surface area contributed by atoms with E-state index in [1.165, 1.54) is 17.6 Å². The summed E-state index contributed by atoms with van der Waals surface area (Å²) in [7, 11) is 0. The molecule has 4 bridgehead atoms. The Balaban J connectivity index is 1.68. The maximum absolute atomic E-state index is 13.5. The van der Waals surface area contributed by atoms with E-state index in [1.807, 2.05) is 30.3 Å². The zero-order valence-electron chi connectivity index (χ0n) is 24.3. The van der Waals surface area contributed by atoms with Crippen LogP contribution in [0.3, 0.4) is 0 Å². The molecule has 41 heavy (non-hydrogen) atoms. The van der Waals surface area contributed by atoms with E-state index in [-0.39, 0.29) is 41.7 Å². The minimum Gasteiger partial charge on any atom is -0.446 e. The van der Waals surface area contributed by atoms with Crippen molar-refractivity contribution >= 4 is 29.1 Å². The van der Waals surface area contributed by atoms with E-state index in [0.717, 1.165) is 12.0 Å². The molecule has 1 aromatic carbocycles. The Morgan fingerprint density at radius 1 is 0.976 bits per heavy atom. The van der Waals surface area contributed by atoms with Crippen molar-refractivity contribution in [1.29, 1.82) is 0 Å². The van der Waals surface area contributed by atoms with Gasteiger partial charge in [0.05, 0.1) is 12.6 Å². The van der Waals surface area contributed by atoms with Gasteiger partial charge >= 0.3 is 0 Å². The van der Waals surface area contributed by atoms with E-state index < -0.39 is 18.0 Å². The van der Waals surface area contributed by atoms with Crippen LogP contribution < -0.4 is 16.0 Å². The van der Waals surface area contributed by atoms with Crippen LogP contribution in [-0.2, 0) is 11.2 Å². The molecule has 0 saturated carbocycles. The zero-order chi connectivity index (χ0) is 29.5. The molecule has 1 aliphatic rings. The van der Waals surface area contributed by atoms with Gasteiger partial charge in [-0.2, -0.15) is 0 Å². The molecule has 0 unspecified atom stereocenters. The number of benzene rings is 1. The van der Waals surface area contributed by atoms with Crippen molar-refractivity contribution in [2.75, 3.05) is 19.6 Å². The fourth-order valence-corrected chi connectivity index (χ4v) is 5.86. The Kier molecular flexibility index (Phi) is 10.3. The predicted molar refractivity (Wildman–Crippen MR) is 158 cm³/mol. The number of aromatic nitrogens is 2. The van der Waals surface area contributed by atoms with Gasteiger partial charge in [0, 0.05) is 24.5 Å². The van der Waals surface area contributed by atoms with E-state index in [0.29, 0.717) is 36.4 Å². The quantitative estimate of drug-likeness (QED) is 0.400. The van der Waals surface area contributed by atoms with Crippen molar-refractivity contribution in [3.05, 3.63) is 69.8 Å². The van der Waals surface area contributed by atoms with Gasteiger partial charge in [-0.3, -0.25) is 19.3 Å². The van der Waals surface area contributed by atoms with Crippen molar-refractivity contribution in [2.24, 2.45) is 11.8 Å². The summed E-state index contributed by atoms with van der Waals surface area (Å²) >= 11 is 1.34. The summed E-state index contributed by atoms with van der Waals surface area (Å²) in [6, 6.07) is 8.70. The molecule has 0 spiro atoms. The van der Waals surface area contributed by atoms with Gasteiger partial charge in [-0.1, -0.05) is 58.0 Å². The molecule has 3 aromatic rings. The van der Waals surface area contributed by atoms with Crippen molar-refractivity contribution in [1.82, 2.24) is 30.8 Å². The topological polar surface area (TPSA) is 129 Å².